The maximum atomic E-state index is 10.9. The second-order valence-electron chi connectivity index (χ2n) is 3.89. The van der Waals surface area contributed by atoms with Crippen LogP contribution in [0.15, 0.2) is 12.7 Å². The first-order valence-corrected chi connectivity index (χ1v) is 5.95. The highest BCUT2D eigenvalue weighted by Crippen LogP contribution is 2.13. The second kappa shape index (κ2) is 10.5. The van der Waals surface area contributed by atoms with E-state index in [2.05, 4.69) is 11.9 Å². The molecule has 24 heavy (non-hydrogen) atoms. The lowest BCUT2D eigenvalue weighted by Gasteiger charge is -2.25. The van der Waals surface area contributed by atoms with E-state index >= 15 is 0 Å². The van der Waals surface area contributed by atoms with Gasteiger partial charge in [0.2, 0.25) is 5.91 Å². The number of aliphatic carboxylic acids is 2. The minimum Gasteiger partial charge on any atom is -0.475 e. The highest BCUT2D eigenvalue weighted by Gasteiger charge is 2.38. The summed E-state index contributed by atoms with van der Waals surface area (Å²) in [6.07, 6.45) is -8.80. The Kier molecular flexibility index (Phi) is 10.4. The molecule has 1 aliphatic rings. The average Bonchev–Trinajstić information content (AvgIpc) is 2.46. The van der Waals surface area contributed by atoms with E-state index in [0.717, 1.165) is 26.2 Å². The Morgan fingerprint density at radius 2 is 1.21 bits per heavy atom. The normalized spacial score (nSPS) is 14.3. The molecular weight excluding hydrogens is 354 g/mol. The number of amides is 1. The molecule has 0 radical (unpaired) electrons. The lowest BCUT2D eigenvalue weighted by atomic mass is 10.3. The Morgan fingerprint density at radius 3 is 1.42 bits per heavy atom. The van der Waals surface area contributed by atoms with Gasteiger partial charge in [-0.05, 0) is 6.08 Å². The first-order chi connectivity index (χ1) is 10.7. The zero-order chi connectivity index (χ0) is 19.6. The fraction of sp³-hybridized carbons (Fsp3) is 0.545. The molecule has 0 aliphatic carbocycles. The fourth-order valence-electron chi connectivity index (χ4n) is 1.01. The van der Waals surface area contributed by atoms with Crippen molar-refractivity contribution in [3.63, 3.8) is 0 Å². The lowest BCUT2D eigenvalue weighted by molar-refractivity contribution is -0.193. The number of halogens is 6. The molecule has 1 fully saturated rings. The Hall–Kier alpha value is -2.31. The number of piperazine rings is 1. The van der Waals surface area contributed by atoms with Crippen molar-refractivity contribution in [2.75, 3.05) is 26.2 Å². The number of carboxylic acids is 2. The van der Waals surface area contributed by atoms with E-state index in [0.29, 0.717) is 0 Å². The van der Waals surface area contributed by atoms with Crippen molar-refractivity contribution < 1.29 is 50.9 Å². The summed E-state index contributed by atoms with van der Waals surface area (Å²) >= 11 is 0. The highest BCUT2D eigenvalue weighted by atomic mass is 19.4. The summed E-state index contributed by atoms with van der Waals surface area (Å²) in [5.41, 5.74) is 0. The van der Waals surface area contributed by atoms with Crippen LogP contribution in [-0.2, 0) is 14.4 Å². The van der Waals surface area contributed by atoms with Gasteiger partial charge >= 0.3 is 24.3 Å². The van der Waals surface area contributed by atoms with E-state index in [-0.39, 0.29) is 5.91 Å². The van der Waals surface area contributed by atoms with Crippen LogP contribution in [0.25, 0.3) is 0 Å². The molecule has 1 aliphatic heterocycles. The van der Waals surface area contributed by atoms with Gasteiger partial charge in [0.15, 0.2) is 0 Å². The van der Waals surface area contributed by atoms with Crippen LogP contribution in [0, 0.1) is 0 Å². The summed E-state index contributed by atoms with van der Waals surface area (Å²) in [5, 5.41) is 17.4. The lowest BCUT2D eigenvalue weighted by Crippen LogP contribution is -2.45. The molecule has 1 saturated heterocycles. The van der Waals surface area contributed by atoms with Gasteiger partial charge in [-0.1, -0.05) is 6.58 Å². The summed E-state index contributed by atoms with van der Waals surface area (Å²) < 4.78 is 63.5. The molecule has 3 N–H and O–H groups in total. The van der Waals surface area contributed by atoms with Gasteiger partial charge in [-0.15, -0.1) is 0 Å². The van der Waals surface area contributed by atoms with Gasteiger partial charge < -0.3 is 20.4 Å². The van der Waals surface area contributed by atoms with Crippen molar-refractivity contribution in [2.24, 2.45) is 0 Å². The van der Waals surface area contributed by atoms with E-state index in [1.807, 2.05) is 0 Å². The van der Waals surface area contributed by atoms with Crippen LogP contribution in [0.1, 0.15) is 0 Å². The molecular formula is C11H14F6N2O5. The van der Waals surface area contributed by atoms with Crippen LogP contribution in [0.2, 0.25) is 0 Å². The molecule has 0 bridgehead atoms. The quantitative estimate of drug-likeness (QED) is 0.468. The van der Waals surface area contributed by atoms with Gasteiger partial charge in [-0.25, -0.2) is 9.59 Å². The maximum absolute atomic E-state index is 10.9. The van der Waals surface area contributed by atoms with Crippen molar-refractivity contribution >= 4 is 17.8 Å². The topological polar surface area (TPSA) is 107 Å². The molecule has 0 saturated carbocycles. The van der Waals surface area contributed by atoms with Gasteiger partial charge in [0.25, 0.3) is 0 Å². The minimum absolute atomic E-state index is 0.0431. The number of hydrogen-bond acceptors (Lipinski definition) is 4. The predicted octanol–water partition coefficient (Wildman–Crippen LogP) is 0.871. The maximum Gasteiger partial charge on any atom is 0.490 e. The van der Waals surface area contributed by atoms with Gasteiger partial charge in [0, 0.05) is 26.2 Å². The molecule has 7 nitrogen and oxygen atoms in total. The molecule has 1 rings (SSSR count). The summed E-state index contributed by atoms with van der Waals surface area (Å²) in [7, 11) is 0. The van der Waals surface area contributed by atoms with Gasteiger partial charge in [0.05, 0.1) is 0 Å². The molecule has 0 atom stereocenters. The average molecular weight is 368 g/mol. The van der Waals surface area contributed by atoms with E-state index in [4.69, 9.17) is 19.8 Å². The zero-order valence-corrected chi connectivity index (χ0v) is 11.9. The Morgan fingerprint density at radius 1 is 0.917 bits per heavy atom. The zero-order valence-electron chi connectivity index (χ0n) is 11.9. The first kappa shape index (κ1) is 23.9. The number of carbonyl (C=O) groups excluding carboxylic acids is 1. The van der Waals surface area contributed by atoms with Crippen LogP contribution < -0.4 is 5.32 Å². The number of alkyl halides is 6. The monoisotopic (exact) mass is 368 g/mol. The molecule has 0 unspecified atom stereocenters. The number of hydrogen-bond donors (Lipinski definition) is 3. The highest BCUT2D eigenvalue weighted by molar-refractivity contribution is 5.87. The Bertz CT molecular complexity index is 419. The standard InChI is InChI=1S/C7H12N2O.2C2HF3O2/c1-2-7(10)9-5-3-8-4-6-9;2*3-2(4,5)1(6)7/h2,8H,1,3-6H2;2*(H,6,7). The Balaban J connectivity index is 0. The summed E-state index contributed by atoms with van der Waals surface area (Å²) in [6.45, 7) is 6.85. The molecule has 1 heterocycles. The van der Waals surface area contributed by atoms with E-state index in [1.54, 1.807) is 4.90 Å². The van der Waals surface area contributed by atoms with E-state index in [9.17, 15) is 31.1 Å². The van der Waals surface area contributed by atoms with Crippen LogP contribution in [0.4, 0.5) is 26.3 Å². The summed E-state index contributed by atoms with van der Waals surface area (Å²) in [6, 6.07) is 0. The van der Waals surface area contributed by atoms with Gasteiger partial charge in [-0.2, -0.15) is 26.3 Å². The van der Waals surface area contributed by atoms with Crippen LogP contribution in [-0.4, -0.2) is 71.5 Å². The van der Waals surface area contributed by atoms with Crippen molar-refractivity contribution in [1.82, 2.24) is 10.2 Å². The SMILES string of the molecule is C=CC(=O)N1CCNCC1.O=C(O)C(F)(F)F.O=C(O)C(F)(F)F. The Labute approximate surface area is 131 Å². The summed E-state index contributed by atoms with van der Waals surface area (Å²) in [4.78, 5) is 30.5. The fourth-order valence-corrected chi connectivity index (χ4v) is 1.01. The third-order valence-electron chi connectivity index (χ3n) is 2.09. The number of rotatable bonds is 1. The molecule has 0 aromatic rings. The third-order valence-corrected chi connectivity index (χ3v) is 2.09. The molecule has 1 amide bonds. The first-order valence-electron chi connectivity index (χ1n) is 5.95. The molecule has 0 spiro atoms. The van der Waals surface area contributed by atoms with Crippen molar-refractivity contribution in [2.45, 2.75) is 12.4 Å². The van der Waals surface area contributed by atoms with E-state index < -0.39 is 24.3 Å². The van der Waals surface area contributed by atoms with Crippen LogP contribution in [0.3, 0.4) is 0 Å². The predicted molar refractivity (Wildman–Crippen MR) is 67.0 cm³/mol. The third kappa shape index (κ3) is 12.3. The van der Waals surface area contributed by atoms with Gasteiger partial charge in [0.1, 0.15) is 0 Å². The smallest absolute Gasteiger partial charge is 0.475 e. The molecule has 13 heteroatoms. The van der Waals surface area contributed by atoms with Crippen molar-refractivity contribution in [1.29, 1.82) is 0 Å². The molecule has 0 aromatic heterocycles. The van der Waals surface area contributed by atoms with Crippen molar-refractivity contribution in [3.8, 4) is 0 Å². The van der Waals surface area contributed by atoms with Crippen LogP contribution in [0.5, 0.6) is 0 Å². The minimum atomic E-state index is -5.08. The van der Waals surface area contributed by atoms with Crippen molar-refractivity contribution in [3.05, 3.63) is 12.7 Å². The number of carbonyl (C=O) groups is 3. The number of carboxylic acid groups (broad SMARTS) is 2. The molecule has 140 valence electrons. The largest absolute Gasteiger partial charge is 0.490 e. The number of nitrogens with zero attached hydrogens (tertiary/aromatic N) is 1. The second-order valence-corrected chi connectivity index (χ2v) is 3.89. The van der Waals surface area contributed by atoms with Crippen LogP contribution >= 0.6 is 0 Å². The van der Waals surface area contributed by atoms with Gasteiger partial charge in [-0.3, -0.25) is 4.79 Å². The summed E-state index contributed by atoms with van der Waals surface area (Å²) in [5.74, 6) is -5.47. The van der Waals surface area contributed by atoms with E-state index in [1.165, 1.54) is 6.08 Å². The number of nitrogens with one attached hydrogen (secondary N) is 1. The molecule has 0 aromatic carbocycles.